The third kappa shape index (κ3) is 4.30. The number of carbonyl (C=O) groups excluding carboxylic acids is 2. The molecular formula is C24H23N3O4. The maximum atomic E-state index is 13.0. The Labute approximate surface area is 180 Å². The molecule has 3 aromatic rings. The fourth-order valence-corrected chi connectivity index (χ4v) is 3.35. The minimum atomic E-state index is -0.370. The first-order valence-electron chi connectivity index (χ1n) is 9.83. The lowest BCUT2D eigenvalue weighted by Crippen LogP contribution is -2.28. The van der Waals surface area contributed by atoms with E-state index < -0.39 is 0 Å². The number of hydrogen-bond acceptors (Lipinski definition) is 4. The zero-order valence-corrected chi connectivity index (χ0v) is 17.6. The highest BCUT2D eigenvalue weighted by Gasteiger charge is 2.26. The van der Waals surface area contributed by atoms with Crippen molar-refractivity contribution in [2.24, 2.45) is 0 Å². The largest absolute Gasteiger partial charge is 0.497 e. The summed E-state index contributed by atoms with van der Waals surface area (Å²) in [7, 11) is 3.31. The smallest absolute Gasteiger partial charge is 0.319 e. The molecule has 3 aromatic carbocycles. The number of carbonyl (C=O) groups is 2. The summed E-state index contributed by atoms with van der Waals surface area (Å²) in [4.78, 5) is 26.9. The molecule has 1 aliphatic heterocycles. The molecule has 0 fully saturated rings. The van der Waals surface area contributed by atoms with E-state index in [2.05, 4.69) is 10.6 Å². The molecule has 1 aliphatic rings. The van der Waals surface area contributed by atoms with Crippen LogP contribution in [0.1, 0.15) is 21.5 Å². The molecule has 7 heteroatoms. The van der Waals surface area contributed by atoms with Crippen LogP contribution in [0.15, 0.2) is 60.7 Å². The van der Waals surface area contributed by atoms with E-state index in [1.807, 2.05) is 49.4 Å². The van der Waals surface area contributed by atoms with Crippen molar-refractivity contribution in [1.29, 1.82) is 0 Å². The van der Waals surface area contributed by atoms with Crippen molar-refractivity contribution in [2.45, 2.75) is 13.5 Å². The molecule has 158 valence electrons. The van der Waals surface area contributed by atoms with Gasteiger partial charge in [-0.2, -0.15) is 0 Å². The first-order chi connectivity index (χ1) is 14.9. The van der Waals surface area contributed by atoms with Gasteiger partial charge in [0.05, 0.1) is 18.4 Å². The predicted molar refractivity (Wildman–Crippen MR) is 119 cm³/mol. The second kappa shape index (κ2) is 8.39. The van der Waals surface area contributed by atoms with Crippen LogP contribution in [0, 0.1) is 6.92 Å². The third-order valence-electron chi connectivity index (χ3n) is 5.08. The van der Waals surface area contributed by atoms with Crippen molar-refractivity contribution in [2.75, 3.05) is 24.4 Å². The number of benzene rings is 3. The summed E-state index contributed by atoms with van der Waals surface area (Å²) in [5.41, 5.74) is 3.55. The van der Waals surface area contributed by atoms with Gasteiger partial charge in [-0.3, -0.25) is 4.79 Å². The van der Waals surface area contributed by atoms with Crippen LogP contribution < -0.4 is 25.0 Å². The average Bonchev–Trinajstić information content (AvgIpc) is 2.88. The van der Waals surface area contributed by atoms with E-state index >= 15 is 0 Å². The predicted octanol–water partition coefficient (Wildman–Crippen LogP) is 4.71. The van der Waals surface area contributed by atoms with E-state index in [0.717, 1.165) is 16.9 Å². The Kier molecular flexibility index (Phi) is 5.49. The molecule has 0 bridgehead atoms. The van der Waals surface area contributed by atoms with E-state index in [4.69, 9.17) is 9.47 Å². The summed E-state index contributed by atoms with van der Waals surface area (Å²) in [6.45, 7) is 2.32. The maximum absolute atomic E-state index is 13.0. The van der Waals surface area contributed by atoms with E-state index in [0.29, 0.717) is 35.0 Å². The van der Waals surface area contributed by atoms with Crippen molar-refractivity contribution in [3.8, 4) is 17.2 Å². The summed E-state index contributed by atoms with van der Waals surface area (Å²) in [6.07, 6.45) is 0. The van der Waals surface area contributed by atoms with Gasteiger partial charge in [0.1, 0.15) is 11.5 Å². The molecule has 1 heterocycles. The molecule has 0 aliphatic carbocycles. The number of amides is 3. The van der Waals surface area contributed by atoms with Gasteiger partial charge in [0, 0.05) is 19.3 Å². The van der Waals surface area contributed by atoms with Crippen LogP contribution in [0.2, 0.25) is 0 Å². The van der Waals surface area contributed by atoms with E-state index in [1.165, 1.54) is 0 Å². The van der Waals surface area contributed by atoms with E-state index in [1.54, 1.807) is 37.3 Å². The minimum absolute atomic E-state index is 0.207. The van der Waals surface area contributed by atoms with Crippen LogP contribution in [0.5, 0.6) is 17.2 Å². The van der Waals surface area contributed by atoms with E-state index in [9.17, 15) is 9.59 Å². The van der Waals surface area contributed by atoms with Crippen molar-refractivity contribution >= 4 is 23.3 Å². The van der Waals surface area contributed by atoms with Crippen LogP contribution in [0.25, 0.3) is 0 Å². The Morgan fingerprint density at radius 3 is 2.52 bits per heavy atom. The molecule has 0 saturated heterocycles. The number of nitrogens with one attached hydrogen (secondary N) is 2. The summed E-state index contributed by atoms with van der Waals surface area (Å²) < 4.78 is 11.1. The molecule has 0 radical (unpaired) electrons. The maximum Gasteiger partial charge on any atom is 0.319 e. The zero-order valence-electron chi connectivity index (χ0n) is 17.6. The Morgan fingerprint density at radius 1 is 1.03 bits per heavy atom. The summed E-state index contributed by atoms with van der Waals surface area (Å²) in [5.74, 6) is 1.61. The zero-order chi connectivity index (χ0) is 22.0. The fraction of sp³-hybridized carbons (Fsp3) is 0.167. The van der Waals surface area contributed by atoms with E-state index in [-0.39, 0.29) is 11.9 Å². The Morgan fingerprint density at radius 2 is 1.77 bits per heavy atom. The Hall–Kier alpha value is -4.00. The SMILES string of the molecule is COc1ccc(CNC(=O)Nc2ccc3c(c2)C(=O)N(C)c2cc(C)ccc2O3)cc1. The van der Waals surface area contributed by atoms with Crippen LogP contribution >= 0.6 is 0 Å². The van der Waals surface area contributed by atoms with Crippen LogP contribution in [0.4, 0.5) is 16.2 Å². The molecule has 3 amide bonds. The van der Waals surface area contributed by atoms with Gasteiger partial charge in [-0.15, -0.1) is 0 Å². The van der Waals surface area contributed by atoms with Gasteiger partial charge in [-0.25, -0.2) is 4.79 Å². The highest BCUT2D eigenvalue weighted by molar-refractivity contribution is 6.10. The summed E-state index contributed by atoms with van der Waals surface area (Å²) in [6, 6.07) is 17.8. The number of methoxy groups -OCH3 is 1. The minimum Gasteiger partial charge on any atom is -0.497 e. The second-order valence-electron chi connectivity index (χ2n) is 7.30. The number of aryl methyl sites for hydroxylation is 1. The standard InChI is InChI=1S/C24H23N3O4/c1-15-4-10-22-20(12-15)27(2)23(28)19-13-17(7-11-21(19)31-22)26-24(29)25-14-16-5-8-18(30-3)9-6-16/h4-13H,14H2,1-3H3,(H2,25,26,29). The molecule has 0 spiro atoms. The highest BCUT2D eigenvalue weighted by atomic mass is 16.5. The third-order valence-corrected chi connectivity index (χ3v) is 5.08. The number of anilines is 2. The van der Waals surface area contributed by atoms with Crippen molar-refractivity contribution < 1.29 is 19.1 Å². The topological polar surface area (TPSA) is 79.9 Å². The monoisotopic (exact) mass is 417 g/mol. The van der Waals surface area contributed by atoms with Gasteiger partial charge in [-0.1, -0.05) is 18.2 Å². The van der Waals surface area contributed by atoms with Crippen molar-refractivity contribution in [3.63, 3.8) is 0 Å². The summed E-state index contributed by atoms with van der Waals surface area (Å²) >= 11 is 0. The first kappa shape index (κ1) is 20.3. The van der Waals surface area contributed by atoms with Crippen molar-refractivity contribution in [1.82, 2.24) is 5.32 Å². The molecular weight excluding hydrogens is 394 g/mol. The summed E-state index contributed by atoms with van der Waals surface area (Å²) in [5, 5.41) is 5.57. The number of hydrogen-bond donors (Lipinski definition) is 2. The number of fused-ring (bicyclic) bond motifs is 2. The average molecular weight is 417 g/mol. The van der Waals surface area contributed by atoms with Gasteiger partial charge < -0.3 is 25.0 Å². The molecule has 0 unspecified atom stereocenters. The number of urea groups is 1. The Balaban J connectivity index is 1.47. The highest BCUT2D eigenvalue weighted by Crippen LogP contribution is 2.39. The van der Waals surface area contributed by atoms with Crippen LogP contribution in [-0.4, -0.2) is 26.1 Å². The number of nitrogens with zero attached hydrogens (tertiary/aromatic N) is 1. The van der Waals surface area contributed by atoms with Crippen LogP contribution in [0.3, 0.4) is 0 Å². The van der Waals surface area contributed by atoms with Gasteiger partial charge in [0.15, 0.2) is 5.75 Å². The molecule has 0 saturated carbocycles. The Bertz CT molecular complexity index is 1140. The molecule has 0 atom stereocenters. The van der Waals surface area contributed by atoms with Crippen molar-refractivity contribution in [3.05, 3.63) is 77.4 Å². The second-order valence-corrected chi connectivity index (χ2v) is 7.30. The quantitative estimate of drug-likeness (QED) is 0.644. The normalized spacial score (nSPS) is 12.2. The first-order valence-corrected chi connectivity index (χ1v) is 9.83. The lowest BCUT2D eigenvalue weighted by molar-refractivity contribution is 0.0993. The number of ether oxygens (including phenoxy) is 2. The molecule has 2 N–H and O–H groups in total. The fourth-order valence-electron chi connectivity index (χ4n) is 3.35. The van der Waals surface area contributed by atoms with Gasteiger partial charge in [-0.05, 0) is 60.5 Å². The van der Waals surface area contributed by atoms with Gasteiger partial charge >= 0.3 is 6.03 Å². The molecule has 0 aromatic heterocycles. The van der Waals surface area contributed by atoms with Gasteiger partial charge in [0.2, 0.25) is 0 Å². The van der Waals surface area contributed by atoms with Crippen LogP contribution in [-0.2, 0) is 6.54 Å². The molecule has 4 rings (SSSR count). The number of rotatable bonds is 4. The van der Waals surface area contributed by atoms with Gasteiger partial charge in [0.25, 0.3) is 5.91 Å². The lowest BCUT2D eigenvalue weighted by Gasteiger charge is -2.16. The molecule has 31 heavy (non-hydrogen) atoms. The lowest BCUT2D eigenvalue weighted by atomic mass is 10.1. The molecule has 7 nitrogen and oxygen atoms in total.